The van der Waals surface area contributed by atoms with E-state index in [2.05, 4.69) is 25.6 Å². The van der Waals surface area contributed by atoms with E-state index in [1.54, 1.807) is 18.3 Å². The van der Waals surface area contributed by atoms with Crippen molar-refractivity contribution in [2.24, 2.45) is 4.99 Å². The Morgan fingerprint density at radius 3 is 2.62 bits per heavy atom. The molecule has 6 nitrogen and oxygen atoms in total. The molecule has 2 heterocycles. The number of alkyl halides is 3. The summed E-state index contributed by atoms with van der Waals surface area (Å²) >= 11 is 0. The van der Waals surface area contributed by atoms with Crippen LogP contribution in [0.4, 0.5) is 13.2 Å². The monoisotopic (exact) mass is 367 g/mol. The van der Waals surface area contributed by atoms with Crippen LogP contribution in [0.2, 0.25) is 0 Å². The lowest BCUT2D eigenvalue weighted by Gasteiger charge is -2.13. The lowest BCUT2D eigenvalue weighted by atomic mass is 10.3. The van der Waals surface area contributed by atoms with Gasteiger partial charge in [0, 0.05) is 24.5 Å². The van der Waals surface area contributed by atoms with E-state index in [1.807, 2.05) is 25.1 Å². The molecular formula is C17H20F3N5O. The van der Waals surface area contributed by atoms with E-state index in [0.717, 1.165) is 5.69 Å². The van der Waals surface area contributed by atoms with E-state index in [4.69, 9.17) is 4.74 Å². The van der Waals surface area contributed by atoms with Crippen molar-refractivity contribution < 1.29 is 17.9 Å². The van der Waals surface area contributed by atoms with Crippen LogP contribution in [0.1, 0.15) is 18.2 Å². The lowest BCUT2D eigenvalue weighted by molar-refractivity contribution is -0.154. The third-order valence-electron chi connectivity index (χ3n) is 3.14. The quantitative estimate of drug-likeness (QED) is 0.582. The summed E-state index contributed by atoms with van der Waals surface area (Å²) in [7, 11) is 0. The van der Waals surface area contributed by atoms with Crippen LogP contribution in [0.5, 0.6) is 5.88 Å². The van der Waals surface area contributed by atoms with Crippen LogP contribution in [0.25, 0.3) is 0 Å². The first-order valence-corrected chi connectivity index (χ1v) is 8.03. The summed E-state index contributed by atoms with van der Waals surface area (Å²) in [5, 5.41) is 6.19. The molecule has 0 saturated heterocycles. The fourth-order valence-electron chi connectivity index (χ4n) is 2.01. The average molecular weight is 367 g/mol. The molecule has 26 heavy (non-hydrogen) atoms. The maximum absolute atomic E-state index is 12.3. The van der Waals surface area contributed by atoms with Crippen LogP contribution >= 0.6 is 0 Å². The maximum atomic E-state index is 12.3. The Labute approximate surface area is 149 Å². The summed E-state index contributed by atoms with van der Waals surface area (Å²) in [5.74, 6) is 0.443. The zero-order valence-corrected chi connectivity index (χ0v) is 14.3. The molecule has 0 unspecified atom stereocenters. The third kappa shape index (κ3) is 6.96. The minimum absolute atomic E-state index is 0.0749. The number of hydrogen-bond donors (Lipinski definition) is 2. The van der Waals surface area contributed by atoms with Gasteiger partial charge in [0.15, 0.2) is 12.6 Å². The van der Waals surface area contributed by atoms with Crippen molar-refractivity contribution in [2.75, 3.05) is 13.2 Å². The van der Waals surface area contributed by atoms with Crippen LogP contribution in [0.3, 0.4) is 0 Å². The minimum atomic E-state index is -4.42. The predicted molar refractivity (Wildman–Crippen MR) is 91.7 cm³/mol. The average Bonchev–Trinajstić information content (AvgIpc) is 2.63. The van der Waals surface area contributed by atoms with E-state index >= 15 is 0 Å². The highest BCUT2D eigenvalue weighted by Gasteiger charge is 2.29. The van der Waals surface area contributed by atoms with Crippen molar-refractivity contribution in [1.82, 2.24) is 20.6 Å². The van der Waals surface area contributed by atoms with Gasteiger partial charge in [-0.3, -0.25) is 4.98 Å². The fourth-order valence-corrected chi connectivity index (χ4v) is 2.01. The Morgan fingerprint density at radius 1 is 1.12 bits per heavy atom. The second kappa shape index (κ2) is 9.59. The molecule has 0 amide bonds. The molecule has 2 N–H and O–H groups in total. The summed E-state index contributed by atoms with van der Waals surface area (Å²) in [4.78, 5) is 12.4. The van der Waals surface area contributed by atoms with Gasteiger partial charge in [0.25, 0.3) is 0 Å². The summed E-state index contributed by atoms with van der Waals surface area (Å²) in [6, 6.07) is 8.84. The lowest BCUT2D eigenvalue weighted by Crippen LogP contribution is -2.37. The summed E-state index contributed by atoms with van der Waals surface area (Å²) < 4.78 is 41.8. The molecule has 0 bridgehead atoms. The zero-order valence-electron chi connectivity index (χ0n) is 14.3. The van der Waals surface area contributed by atoms with Crippen LogP contribution in [-0.2, 0) is 13.1 Å². The molecule has 0 saturated carbocycles. The van der Waals surface area contributed by atoms with Crippen molar-refractivity contribution in [3.8, 4) is 5.88 Å². The SMILES string of the molecule is CCNC(=NCc1cccnc1OCC(F)(F)F)NCc1ccccn1. The number of ether oxygens (including phenoxy) is 1. The highest BCUT2D eigenvalue weighted by Crippen LogP contribution is 2.20. The van der Waals surface area contributed by atoms with Gasteiger partial charge < -0.3 is 15.4 Å². The van der Waals surface area contributed by atoms with Crippen molar-refractivity contribution in [3.05, 3.63) is 54.0 Å². The largest absolute Gasteiger partial charge is 0.468 e. The van der Waals surface area contributed by atoms with Crippen molar-refractivity contribution in [1.29, 1.82) is 0 Å². The molecule has 140 valence electrons. The first kappa shape index (κ1) is 19.5. The molecule has 2 aromatic heterocycles. The van der Waals surface area contributed by atoms with E-state index in [9.17, 15) is 13.2 Å². The molecule has 0 radical (unpaired) electrons. The normalized spacial score (nSPS) is 11.9. The molecule has 9 heteroatoms. The molecule has 0 spiro atoms. The van der Waals surface area contributed by atoms with E-state index in [-0.39, 0.29) is 12.4 Å². The number of nitrogens with zero attached hydrogens (tertiary/aromatic N) is 3. The smallest absolute Gasteiger partial charge is 0.422 e. The van der Waals surface area contributed by atoms with E-state index < -0.39 is 12.8 Å². The Balaban J connectivity index is 2.02. The Morgan fingerprint density at radius 2 is 1.92 bits per heavy atom. The number of guanidine groups is 1. The number of aromatic nitrogens is 2. The molecule has 2 aromatic rings. The van der Waals surface area contributed by atoms with Gasteiger partial charge in [0.2, 0.25) is 5.88 Å². The van der Waals surface area contributed by atoms with Crippen molar-refractivity contribution >= 4 is 5.96 Å². The first-order valence-electron chi connectivity index (χ1n) is 8.03. The van der Waals surface area contributed by atoms with E-state index in [1.165, 1.54) is 6.20 Å². The number of pyridine rings is 2. The predicted octanol–water partition coefficient (Wildman–Crippen LogP) is 2.67. The van der Waals surface area contributed by atoms with Crippen LogP contribution < -0.4 is 15.4 Å². The fraction of sp³-hybridized carbons (Fsp3) is 0.353. The van der Waals surface area contributed by atoms with Gasteiger partial charge in [-0.15, -0.1) is 0 Å². The van der Waals surface area contributed by atoms with Gasteiger partial charge in [-0.25, -0.2) is 9.98 Å². The molecule has 0 aliphatic carbocycles. The molecule has 0 aliphatic rings. The van der Waals surface area contributed by atoms with Crippen molar-refractivity contribution in [2.45, 2.75) is 26.2 Å². The molecule has 0 aliphatic heterocycles. The number of aliphatic imine (C=N–C) groups is 1. The van der Waals surface area contributed by atoms with Gasteiger partial charge in [-0.2, -0.15) is 13.2 Å². The molecular weight excluding hydrogens is 347 g/mol. The van der Waals surface area contributed by atoms with Crippen LogP contribution in [-0.4, -0.2) is 35.3 Å². The maximum Gasteiger partial charge on any atom is 0.422 e. The zero-order chi connectivity index (χ0) is 18.8. The number of halogens is 3. The molecule has 0 aromatic carbocycles. The highest BCUT2D eigenvalue weighted by molar-refractivity contribution is 5.79. The highest BCUT2D eigenvalue weighted by atomic mass is 19.4. The van der Waals surface area contributed by atoms with Gasteiger partial charge in [0.05, 0.1) is 18.8 Å². The number of nitrogens with one attached hydrogen (secondary N) is 2. The molecule has 2 rings (SSSR count). The second-order valence-corrected chi connectivity index (χ2v) is 5.24. The third-order valence-corrected chi connectivity index (χ3v) is 3.14. The Hall–Kier alpha value is -2.84. The number of hydrogen-bond acceptors (Lipinski definition) is 4. The minimum Gasteiger partial charge on any atom is -0.468 e. The van der Waals surface area contributed by atoms with Crippen molar-refractivity contribution in [3.63, 3.8) is 0 Å². The van der Waals surface area contributed by atoms with Gasteiger partial charge in [0.1, 0.15) is 0 Å². The van der Waals surface area contributed by atoms with E-state index in [0.29, 0.717) is 24.6 Å². The van der Waals surface area contributed by atoms with Gasteiger partial charge in [-0.05, 0) is 25.1 Å². The Kier molecular flexibility index (Phi) is 7.19. The summed E-state index contributed by atoms with van der Waals surface area (Å²) in [6.45, 7) is 1.76. The summed E-state index contributed by atoms with van der Waals surface area (Å²) in [5.41, 5.74) is 1.31. The second-order valence-electron chi connectivity index (χ2n) is 5.24. The standard InChI is InChI=1S/C17H20F3N5O/c1-2-21-16(25-11-14-7-3-4-8-22-14)24-10-13-6-5-9-23-15(13)26-12-17(18,19)20/h3-9H,2,10-12H2,1H3,(H2,21,24,25). The Bertz CT molecular complexity index is 707. The number of rotatable bonds is 7. The summed E-state index contributed by atoms with van der Waals surface area (Å²) in [6.07, 6.45) is -1.35. The van der Waals surface area contributed by atoms with Crippen LogP contribution in [0.15, 0.2) is 47.7 Å². The first-order chi connectivity index (χ1) is 12.5. The molecule has 0 fully saturated rings. The topological polar surface area (TPSA) is 71.4 Å². The molecule has 0 atom stereocenters. The van der Waals surface area contributed by atoms with Gasteiger partial charge in [-0.1, -0.05) is 12.1 Å². The van der Waals surface area contributed by atoms with Gasteiger partial charge >= 0.3 is 6.18 Å². The van der Waals surface area contributed by atoms with Crippen LogP contribution in [0, 0.1) is 0 Å².